The van der Waals surface area contributed by atoms with Crippen LogP contribution in [0.4, 0.5) is 4.39 Å². The lowest BCUT2D eigenvalue weighted by atomic mass is 10.2. The number of hydrogen-bond acceptors (Lipinski definition) is 3. The minimum absolute atomic E-state index is 0.430. The van der Waals surface area contributed by atoms with Gasteiger partial charge in [0.25, 0.3) is 0 Å². The molecular weight excluding hydrogens is 247 g/mol. The van der Waals surface area contributed by atoms with Crippen molar-refractivity contribution in [1.82, 2.24) is 0 Å². The van der Waals surface area contributed by atoms with E-state index in [0.29, 0.717) is 6.26 Å². The van der Waals surface area contributed by atoms with Crippen molar-refractivity contribution in [3.63, 3.8) is 0 Å². The maximum Gasteiger partial charge on any atom is 0.337 e. The van der Waals surface area contributed by atoms with E-state index in [1.165, 1.54) is 0 Å². The molecule has 0 bridgehead atoms. The lowest BCUT2D eigenvalue weighted by Crippen LogP contribution is -2.10. The van der Waals surface area contributed by atoms with Crippen molar-refractivity contribution in [3.05, 3.63) is 28.5 Å². The predicted octanol–water partition coefficient (Wildman–Crippen LogP) is 1.58. The molecule has 1 rings (SSSR count). The standard InChI is InChI=1S/C8H6ClFO4S/c1-15(13,14)7-4(8(11)12)2-3-5(9)6(7)10/h2-3H,1H3,(H,11,12). The minimum atomic E-state index is -3.97. The summed E-state index contributed by atoms with van der Waals surface area (Å²) in [5, 5.41) is 8.24. The Bertz CT molecular complexity index is 524. The van der Waals surface area contributed by atoms with Gasteiger partial charge >= 0.3 is 5.97 Å². The largest absolute Gasteiger partial charge is 0.478 e. The number of halogens is 2. The van der Waals surface area contributed by atoms with Gasteiger partial charge in [-0.2, -0.15) is 0 Å². The molecule has 0 spiro atoms. The highest BCUT2D eigenvalue weighted by Crippen LogP contribution is 2.25. The Morgan fingerprint density at radius 3 is 2.40 bits per heavy atom. The quantitative estimate of drug-likeness (QED) is 0.867. The third kappa shape index (κ3) is 2.27. The first kappa shape index (κ1) is 11.9. The normalized spacial score (nSPS) is 11.4. The fraction of sp³-hybridized carbons (Fsp3) is 0.125. The van der Waals surface area contributed by atoms with E-state index < -0.39 is 37.1 Å². The summed E-state index contributed by atoms with van der Waals surface area (Å²) in [6, 6.07) is 1.94. The zero-order chi connectivity index (χ0) is 11.8. The summed E-state index contributed by atoms with van der Waals surface area (Å²) in [5.74, 6) is -2.76. The molecule has 0 aliphatic heterocycles. The van der Waals surface area contributed by atoms with Crippen LogP contribution in [0.2, 0.25) is 5.02 Å². The van der Waals surface area contributed by atoms with E-state index in [2.05, 4.69) is 0 Å². The molecule has 15 heavy (non-hydrogen) atoms. The molecule has 0 saturated heterocycles. The molecule has 7 heteroatoms. The lowest BCUT2D eigenvalue weighted by molar-refractivity contribution is 0.0691. The highest BCUT2D eigenvalue weighted by Gasteiger charge is 2.24. The average molecular weight is 253 g/mol. The van der Waals surface area contributed by atoms with Crippen LogP contribution in [-0.2, 0) is 9.84 Å². The van der Waals surface area contributed by atoms with E-state index in [-0.39, 0.29) is 0 Å². The van der Waals surface area contributed by atoms with Crippen LogP contribution in [0.1, 0.15) is 10.4 Å². The molecule has 0 radical (unpaired) electrons. The van der Waals surface area contributed by atoms with Crippen molar-refractivity contribution in [1.29, 1.82) is 0 Å². The van der Waals surface area contributed by atoms with Crippen molar-refractivity contribution in [2.75, 3.05) is 6.26 Å². The van der Waals surface area contributed by atoms with E-state index >= 15 is 0 Å². The van der Waals surface area contributed by atoms with E-state index in [9.17, 15) is 17.6 Å². The van der Waals surface area contributed by atoms with Gasteiger partial charge < -0.3 is 5.11 Å². The van der Waals surface area contributed by atoms with Gasteiger partial charge in [0.15, 0.2) is 15.7 Å². The van der Waals surface area contributed by atoms with E-state index in [4.69, 9.17) is 16.7 Å². The molecule has 0 aliphatic rings. The van der Waals surface area contributed by atoms with Gasteiger partial charge in [-0.15, -0.1) is 0 Å². The second-order valence-corrected chi connectivity index (χ2v) is 5.18. The zero-order valence-electron chi connectivity index (χ0n) is 7.49. The van der Waals surface area contributed by atoms with Gasteiger partial charge in [-0.1, -0.05) is 11.6 Å². The molecule has 1 aromatic carbocycles. The van der Waals surface area contributed by atoms with E-state index in [0.717, 1.165) is 12.1 Å². The summed E-state index contributed by atoms with van der Waals surface area (Å²) in [7, 11) is -3.97. The molecule has 0 heterocycles. The molecule has 82 valence electrons. The topological polar surface area (TPSA) is 71.4 Å². The highest BCUT2D eigenvalue weighted by molar-refractivity contribution is 7.90. The van der Waals surface area contributed by atoms with E-state index in [1.54, 1.807) is 0 Å². The Kier molecular flexibility index (Phi) is 3.01. The van der Waals surface area contributed by atoms with Crippen LogP contribution in [0, 0.1) is 5.82 Å². The Hall–Kier alpha value is -1.14. The molecule has 0 amide bonds. The van der Waals surface area contributed by atoms with Gasteiger partial charge in [-0.3, -0.25) is 0 Å². The molecule has 1 aromatic rings. The van der Waals surface area contributed by atoms with Crippen molar-refractivity contribution in [2.24, 2.45) is 0 Å². The number of carboxylic acid groups (broad SMARTS) is 1. The number of carboxylic acids is 1. The number of benzene rings is 1. The first-order valence-electron chi connectivity index (χ1n) is 3.66. The van der Waals surface area contributed by atoms with Gasteiger partial charge in [0, 0.05) is 6.26 Å². The first-order chi connectivity index (χ1) is 6.75. The van der Waals surface area contributed by atoms with Crippen molar-refractivity contribution < 1.29 is 22.7 Å². The Morgan fingerprint density at radius 2 is 2.00 bits per heavy atom. The number of sulfone groups is 1. The average Bonchev–Trinajstić information content (AvgIpc) is 2.06. The van der Waals surface area contributed by atoms with Crippen molar-refractivity contribution in [2.45, 2.75) is 4.90 Å². The molecule has 4 nitrogen and oxygen atoms in total. The van der Waals surface area contributed by atoms with Gasteiger partial charge in [-0.05, 0) is 12.1 Å². The molecular formula is C8H6ClFO4S. The maximum atomic E-state index is 13.3. The highest BCUT2D eigenvalue weighted by atomic mass is 35.5. The third-order valence-electron chi connectivity index (χ3n) is 1.65. The lowest BCUT2D eigenvalue weighted by Gasteiger charge is -2.06. The molecule has 1 N–H and O–H groups in total. The predicted molar refractivity (Wildman–Crippen MR) is 51.5 cm³/mol. The Labute approximate surface area is 90.2 Å². The molecule has 0 fully saturated rings. The fourth-order valence-electron chi connectivity index (χ4n) is 1.06. The Morgan fingerprint density at radius 1 is 1.47 bits per heavy atom. The summed E-state index contributed by atoms with van der Waals surface area (Å²) in [6.07, 6.45) is 0.716. The van der Waals surface area contributed by atoms with Crippen LogP contribution >= 0.6 is 11.6 Å². The minimum Gasteiger partial charge on any atom is -0.478 e. The monoisotopic (exact) mass is 252 g/mol. The molecule has 0 atom stereocenters. The zero-order valence-corrected chi connectivity index (χ0v) is 9.06. The number of carbonyl (C=O) groups is 1. The van der Waals surface area contributed by atoms with Crippen molar-refractivity contribution in [3.8, 4) is 0 Å². The molecule has 0 aromatic heterocycles. The third-order valence-corrected chi connectivity index (χ3v) is 3.08. The van der Waals surface area contributed by atoms with Crippen LogP contribution in [0.15, 0.2) is 17.0 Å². The first-order valence-corrected chi connectivity index (χ1v) is 5.93. The number of aromatic carboxylic acids is 1. The second-order valence-electron chi connectivity index (χ2n) is 2.82. The second kappa shape index (κ2) is 3.79. The molecule has 0 unspecified atom stereocenters. The summed E-state index contributed by atoms with van der Waals surface area (Å²) in [4.78, 5) is 9.77. The molecule has 0 aliphatic carbocycles. The summed E-state index contributed by atoms with van der Waals surface area (Å²) >= 11 is 5.36. The molecule has 0 saturated carbocycles. The summed E-state index contributed by atoms with van der Waals surface area (Å²) in [5.41, 5.74) is -0.626. The smallest absolute Gasteiger partial charge is 0.337 e. The van der Waals surface area contributed by atoms with Crippen LogP contribution < -0.4 is 0 Å². The number of hydrogen-bond donors (Lipinski definition) is 1. The number of rotatable bonds is 2. The van der Waals surface area contributed by atoms with Gasteiger partial charge in [0.2, 0.25) is 0 Å². The summed E-state index contributed by atoms with van der Waals surface area (Å²) in [6.45, 7) is 0. The SMILES string of the molecule is CS(=O)(=O)c1c(C(=O)O)ccc(Cl)c1F. The van der Waals surface area contributed by atoms with Crippen LogP contribution in [0.5, 0.6) is 0 Å². The van der Waals surface area contributed by atoms with Gasteiger partial charge in [0.05, 0.1) is 10.6 Å². The maximum absolute atomic E-state index is 13.3. The van der Waals surface area contributed by atoms with E-state index in [1.807, 2.05) is 0 Å². The van der Waals surface area contributed by atoms with Gasteiger partial charge in [-0.25, -0.2) is 17.6 Å². The summed E-state index contributed by atoms with van der Waals surface area (Å²) < 4.78 is 35.7. The fourth-order valence-corrected chi connectivity index (χ4v) is 2.27. The van der Waals surface area contributed by atoms with Crippen LogP contribution in [0.25, 0.3) is 0 Å². The van der Waals surface area contributed by atoms with Gasteiger partial charge in [0.1, 0.15) is 4.90 Å². The van der Waals surface area contributed by atoms with Crippen LogP contribution in [0.3, 0.4) is 0 Å². The Balaban J connectivity index is 3.72. The van der Waals surface area contributed by atoms with Crippen LogP contribution in [-0.4, -0.2) is 25.7 Å². The van der Waals surface area contributed by atoms with Crippen molar-refractivity contribution >= 4 is 27.4 Å².